The fraction of sp³-hybridized carbons (Fsp3) is 0.333. The van der Waals surface area contributed by atoms with E-state index in [1.165, 1.54) is 11.3 Å². The molecular weight excluding hydrogens is 314 g/mol. The smallest absolute Gasteiger partial charge is 0.232 e. The lowest BCUT2D eigenvalue weighted by Gasteiger charge is -2.04. The van der Waals surface area contributed by atoms with E-state index in [0.717, 1.165) is 27.6 Å². The summed E-state index contributed by atoms with van der Waals surface area (Å²) in [7, 11) is 1.59. The van der Waals surface area contributed by atoms with E-state index >= 15 is 0 Å². The van der Waals surface area contributed by atoms with Crippen molar-refractivity contribution < 1.29 is 9.53 Å². The van der Waals surface area contributed by atoms with Gasteiger partial charge >= 0.3 is 0 Å². The largest absolute Gasteiger partial charge is 0.377 e. The van der Waals surface area contributed by atoms with Crippen molar-refractivity contribution in [2.75, 3.05) is 12.4 Å². The van der Waals surface area contributed by atoms with E-state index in [9.17, 15) is 4.79 Å². The Balaban J connectivity index is 1.77. The third-order valence-electron chi connectivity index (χ3n) is 3.45. The van der Waals surface area contributed by atoms with Crippen molar-refractivity contribution in [1.82, 2.24) is 19.6 Å². The second-order valence-corrected chi connectivity index (χ2v) is 6.25. The summed E-state index contributed by atoms with van der Waals surface area (Å²) in [6, 6.07) is 3.96. The van der Waals surface area contributed by atoms with E-state index in [4.69, 9.17) is 4.74 Å². The molecule has 0 spiro atoms. The van der Waals surface area contributed by atoms with E-state index < -0.39 is 0 Å². The molecule has 1 N–H and O–H groups in total. The van der Waals surface area contributed by atoms with Gasteiger partial charge in [0.1, 0.15) is 17.3 Å². The number of hydrogen-bond acceptors (Lipinski definition) is 6. The van der Waals surface area contributed by atoms with Crippen LogP contribution < -0.4 is 5.32 Å². The second kappa shape index (κ2) is 6.43. The van der Waals surface area contributed by atoms with E-state index in [-0.39, 0.29) is 12.3 Å². The topological polar surface area (TPSA) is 81.4 Å². The third-order valence-corrected chi connectivity index (χ3v) is 4.27. The van der Waals surface area contributed by atoms with Crippen molar-refractivity contribution in [2.45, 2.75) is 26.9 Å². The Hall–Kier alpha value is -2.32. The van der Waals surface area contributed by atoms with Gasteiger partial charge in [-0.3, -0.25) is 4.79 Å². The first-order valence-corrected chi connectivity index (χ1v) is 7.94. The van der Waals surface area contributed by atoms with Gasteiger partial charge in [0.05, 0.1) is 17.8 Å². The van der Waals surface area contributed by atoms with E-state index in [0.29, 0.717) is 11.7 Å². The number of imidazole rings is 1. The molecule has 8 heteroatoms. The summed E-state index contributed by atoms with van der Waals surface area (Å²) in [4.78, 5) is 16.8. The number of methoxy groups -OCH3 is 1. The van der Waals surface area contributed by atoms with Gasteiger partial charge < -0.3 is 14.5 Å². The quantitative estimate of drug-likeness (QED) is 0.774. The van der Waals surface area contributed by atoms with Crippen molar-refractivity contribution in [2.24, 2.45) is 0 Å². The van der Waals surface area contributed by atoms with Crippen LogP contribution in [0.3, 0.4) is 0 Å². The molecule has 0 aliphatic carbocycles. The molecule has 0 aliphatic heterocycles. The van der Waals surface area contributed by atoms with Gasteiger partial charge in [0.25, 0.3) is 0 Å². The van der Waals surface area contributed by atoms with Crippen molar-refractivity contribution in [1.29, 1.82) is 0 Å². The number of aryl methyl sites for hydroxylation is 2. The van der Waals surface area contributed by atoms with Crippen molar-refractivity contribution in [3.63, 3.8) is 0 Å². The highest BCUT2D eigenvalue weighted by molar-refractivity contribution is 7.15. The average Bonchev–Trinajstić information content (AvgIpc) is 3.06. The standard InChI is InChI=1S/C15H17N5O2S/c1-9-5-4-6-20-11(10(2)16-14(9)20)7-12(21)17-15-19-18-13(23-15)8-22-3/h4-6H,7-8H2,1-3H3,(H,17,19,21). The van der Waals surface area contributed by atoms with Gasteiger partial charge in [-0.1, -0.05) is 17.4 Å². The highest BCUT2D eigenvalue weighted by Gasteiger charge is 2.15. The molecule has 120 valence electrons. The Morgan fingerprint density at radius 2 is 2.22 bits per heavy atom. The molecule has 3 rings (SSSR count). The van der Waals surface area contributed by atoms with E-state index in [1.54, 1.807) is 7.11 Å². The molecular formula is C15H17N5O2S. The minimum absolute atomic E-state index is 0.142. The zero-order chi connectivity index (χ0) is 16.4. The molecule has 3 aromatic heterocycles. The lowest BCUT2D eigenvalue weighted by molar-refractivity contribution is -0.115. The number of rotatable bonds is 5. The van der Waals surface area contributed by atoms with Crippen LogP contribution in [0.1, 0.15) is 22.0 Å². The lowest BCUT2D eigenvalue weighted by atomic mass is 10.2. The summed E-state index contributed by atoms with van der Waals surface area (Å²) < 4.78 is 6.95. The van der Waals surface area contributed by atoms with Gasteiger partial charge in [-0.25, -0.2) is 4.98 Å². The van der Waals surface area contributed by atoms with Crippen LogP contribution in [0.5, 0.6) is 0 Å². The molecule has 1 amide bonds. The maximum atomic E-state index is 12.3. The van der Waals surface area contributed by atoms with Crippen LogP contribution in [0.2, 0.25) is 0 Å². The Kier molecular flexibility index (Phi) is 4.35. The van der Waals surface area contributed by atoms with Crippen LogP contribution in [0.25, 0.3) is 5.65 Å². The molecule has 0 atom stereocenters. The predicted molar refractivity (Wildman–Crippen MR) is 87.6 cm³/mol. The summed E-state index contributed by atoms with van der Waals surface area (Å²) >= 11 is 1.31. The van der Waals surface area contributed by atoms with Gasteiger partial charge in [-0.15, -0.1) is 10.2 Å². The molecule has 0 saturated heterocycles. The van der Waals surface area contributed by atoms with Crippen molar-refractivity contribution in [3.8, 4) is 0 Å². The van der Waals surface area contributed by atoms with Crippen molar-refractivity contribution >= 4 is 28.0 Å². The zero-order valence-electron chi connectivity index (χ0n) is 13.2. The number of carbonyl (C=O) groups is 1. The first-order chi connectivity index (χ1) is 11.1. The van der Waals surface area contributed by atoms with Crippen LogP contribution in [-0.4, -0.2) is 32.6 Å². The Bertz CT molecular complexity index is 855. The second-order valence-electron chi connectivity index (χ2n) is 5.19. The number of ether oxygens (including phenoxy) is 1. The first-order valence-electron chi connectivity index (χ1n) is 7.13. The lowest BCUT2D eigenvalue weighted by Crippen LogP contribution is -2.16. The minimum Gasteiger partial charge on any atom is -0.377 e. The van der Waals surface area contributed by atoms with Crippen LogP contribution in [0.4, 0.5) is 5.13 Å². The predicted octanol–water partition coefficient (Wildman–Crippen LogP) is 2.13. The Morgan fingerprint density at radius 3 is 3.00 bits per heavy atom. The molecule has 0 radical (unpaired) electrons. The Labute approximate surface area is 137 Å². The fourth-order valence-electron chi connectivity index (χ4n) is 2.38. The molecule has 0 unspecified atom stereocenters. The maximum Gasteiger partial charge on any atom is 0.232 e. The average molecular weight is 331 g/mol. The number of nitrogens with one attached hydrogen (secondary N) is 1. The zero-order valence-corrected chi connectivity index (χ0v) is 14.0. The van der Waals surface area contributed by atoms with Crippen LogP contribution in [-0.2, 0) is 22.6 Å². The molecule has 0 bridgehead atoms. The highest BCUT2D eigenvalue weighted by atomic mass is 32.1. The SMILES string of the molecule is COCc1nnc(NC(=O)Cc2c(C)nc3c(C)cccn23)s1. The molecule has 7 nitrogen and oxygen atoms in total. The van der Waals surface area contributed by atoms with Gasteiger partial charge in [0, 0.05) is 13.3 Å². The number of aromatic nitrogens is 4. The molecule has 0 aromatic carbocycles. The molecule has 3 aromatic rings. The summed E-state index contributed by atoms with van der Waals surface area (Å²) in [5, 5.41) is 11.9. The summed E-state index contributed by atoms with van der Waals surface area (Å²) in [6.45, 7) is 4.31. The van der Waals surface area contributed by atoms with Crippen LogP contribution >= 0.6 is 11.3 Å². The summed E-state index contributed by atoms with van der Waals surface area (Å²) in [6.07, 6.45) is 2.15. The van der Waals surface area contributed by atoms with E-state index in [2.05, 4.69) is 20.5 Å². The molecule has 23 heavy (non-hydrogen) atoms. The number of pyridine rings is 1. The monoisotopic (exact) mass is 331 g/mol. The van der Waals surface area contributed by atoms with Gasteiger partial charge in [0.15, 0.2) is 0 Å². The van der Waals surface area contributed by atoms with Crippen LogP contribution in [0, 0.1) is 13.8 Å². The van der Waals surface area contributed by atoms with Gasteiger partial charge in [-0.05, 0) is 25.5 Å². The minimum atomic E-state index is -0.142. The summed E-state index contributed by atoms with van der Waals surface area (Å²) in [5.41, 5.74) is 3.69. The first kappa shape index (κ1) is 15.6. The summed E-state index contributed by atoms with van der Waals surface area (Å²) in [5.74, 6) is -0.142. The van der Waals surface area contributed by atoms with Crippen LogP contribution in [0.15, 0.2) is 18.3 Å². The number of amides is 1. The molecule has 3 heterocycles. The van der Waals surface area contributed by atoms with Gasteiger partial charge in [0.2, 0.25) is 11.0 Å². The maximum absolute atomic E-state index is 12.3. The Morgan fingerprint density at radius 1 is 1.39 bits per heavy atom. The molecule has 0 saturated carbocycles. The molecule has 0 aliphatic rings. The molecule has 0 fully saturated rings. The third kappa shape index (κ3) is 3.22. The highest BCUT2D eigenvalue weighted by Crippen LogP contribution is 2.18. The normalized spacial score (nSPS) is 11.1. The number of fused-ring (bicyclic) bond motifs is 1. The van der Waals surface area contributed by atoms with Gasteiger partial charge in [-0.2, -0.15) is 0 Å². The number of anilines is 1. The van der Waals surface area contributed by atoms with Crippen molar-refractivity contribution in [3.05, 3.63) is 40.3 Å². The number of carbonyl (C=O) groups excluding carboxylic acids is 1. The van der Waals surface area contributed by atoms with E-state index in [1.807, 2.05) is 36.6 Å². The number of hydrogen-bond donors (Lipinski definition) is 1. The fourth-order valence-corrected chi connectivity index (χ4v) is 3.11. The number of nitrogens with zero attached hydrogens (tertiary/aromatic N) is 4.